The van der Waals surface area contributed by atoms with Crippen molar-refractivity contribution in [2.45, 2.75) is 47.1 Å². The van der Waals surface area contributed by atoms with Crippen LogP contribution in [0.2, 0.25) is 0 Å². The largest absolute Gasteiger partial charge is 0.393 e. The van der Waals surface area contributed by atoms with Crippen LogP contribution in [0.4, 0.5) is 0 Å². The molecule has 0 aliphatic heterocycles. The molecule has 0 amide bonds. The zero-order chi connectivity index (χ0) is 30.2. The summed E-state index contributed by atoms with van der Waals surface area (Å²) in [6, 6.07) is 0. The van der Waals surface area contributed by atoms with Gasteiger partial charge in [-0.1, -0.05) is 267 Å². The third-order valence-corrected chi connectivity index (χ3v) is 20.2. The molecule has 1 N–H and O–H groups in total. The maximum atomic E-state index is 9.47. The fourth-order valence-corrected chi connectivity index (χ4v) is 9.13. The summed E-state index contributed by atoms with van der Waals surface area (Å²) < 4.78 is -33.8. The van der Waals surface area contributed by atoms with Crippen molar-refractivity contribution in [1.29, 1.82) is 0 Å². The van der Waals surface area contributed by atoms with Gasteiger partial charge in [0.2, 0.25) is 8.13 Å². The summed E-state index contributed by atoms with van der Waals surface area (Å²) in [6.07, 6.45) is 0. The van der Waals surface area contributed by atoms with Crippen LogP contribution in [0.5, 0.6) is 0 Å². The lowest BCUT2D eigenvalue weighted by atomic mass is 9.99. The van der Waals surface area contributed by atoms with Gasteiger partial charge in [-0.3, -0.25) is 0 Å². The van der Waals surface area contributed by atoms with Crippen molar-refractivity contribution < 1.29 is 5.11 Å². The van der Waals surface area contributed by atoms with E-state index < -0.39 is 53.7 Å². The first kappa shape index (κ1) is 42.6. The molecule has 24 heteroatoms. The topological polar surface area (TPSA) is 20.2 Å². The molecule has 0 spiro atoms. The molecule has 0 atom stereocenters. The average Bonchev–Trinajstić information content (AvgIpc) is 2.65. The molecule has 0 aromatic rings. The Bertz CT molecular complexity index is 802. The molecule has 0 bridgehead atoms. The highest BCUT2D eigenvalue weighted by molar-refractivity contribution is 6.84. The fraction of sp³-hybridized carbons (Fsp3) is 1.00. The van der Waals surface area contributed by atoms with Crippen molar-refractivity contribution in [2.75, 3.05) is 6.61 Å². The van der Waals surface area contributed by atoms with E-state index in [2.05, 4.69) is 0 Å². The predicted molar refractivity (Wildman–Crippen MR) is 172 cm³/mol. The molecule has 0 fully saturated rings. The zero-order valence-electron chi connectivity index (χ0n) is 15.3. The standard InChI is InChI=1S/C12H3Cl23O/c13-2(14,1-36)3(15,16)4(17,18)5(19,20)6(21,22)7(23,24)8(25,26)9(27,28)10(29,30)11(31,32)12(33,34)35/h36H,1H2. The molecule has 0 saturated heterocycles. The molecular weight excluding hydrogens is 976 g/mol. The molecule has 1 nitrogen and oxygen atoms in total. The van der Waals surface area contributed by atoms with Gasteiger partial charge in [-0.05, 0) is 0 Å². The first-order valence-electron chi connectivity index (χ1n) is 7.52. The average molecular weight is 979 g/mol. The van der Waals surface area contributed by atoms with E-state index in [4.69, 9.17) is 267 Å². The molecule has 0 aromatic heterocycles. The van der Waals surface area contributed by atoms with Crippen LogP contribution in [0.25, 0.3) is 0 Å². The lowest BCUT2D eigenvalue weighted by molar-refractivity contribution is 0.261. The Hall–Kier alpha value is 6.63. The third-order valence-electron chi connectivity index (χ3n) is 4.17. The lowest BCUT2D eigenvalue weighted by Gasteiger charge is -2.56. The van der Waals surface area contributed by atoms with Crippen molar-refractivity contribution in [3.8, 4) is 0 Å². The molecule has 0 radical (unpaired) electrons. The number of halogens is 23. The Kier molecular flexibility index (Phi) is 15.0. The number of rotatable bonds is 10. The van der Waals surface area contributed by atoms with E-state index in [0.717, 1.165) is 0 Å². The molecule has 0 aliphatic carbocycles. The van der Waals surface area contributed by atoms with Crippen molar-refractivity contribution in [3.63, 3.8) is 0 Å². The smallest absolute Gasteiger partial charge is 0.226 e. The van der Waals surface area contributed by atoms with Gasteiger partial charge in [0.25, 0.3) is 0 Å². The van der Waals surface area contributed by atoms with Gasteiger partial charge in [0.05, 0.1) is 6.61 Å². The van der Waals surface area contributed by atoms with Gasteiger partial charge in [0.1, 0.15) is 0 Å². The van der Waals surface area contributed by atoms with Gasteiger partial charge in [-0.25, -0.2) is 0 Å². The molecule has 0 unspecified atom stereocenters. The Morgan fingerprint density at radius 1 is 0.278 bits per heavy atom. The normalized spacial score (nSPS) is 17.0. The second-order valence-electron chi connectivity index (χ2n) is 6.53. The minimum atomic E-state index is -3.31. The van der Waals surface area contributed by atoms with E-state index in [1.807, 2.05) is 0 Å². The molecule has 0 rings (SSSR count). The van der Waals surface area contributed by atoms with E-state index >= 15 is 0 Å². The number of aliphatic hydroxyl groups is 1. The number of aliphatic hydroxyl groups excluding tert-OH is 1. The van der Waals surface area contributed by atoms with E-state index in [-0.39, 0.29) is 0 Å². The summed E-state index contributed by atoms with van der Waals surface area (Å²) in [5.41, 5.74) is 0. The van der Waals surface area contributed by atoms with Crippen LogP contribution in [0.3, 0.4) is 0 Å². The third kappa shape index (κ3) is 6.43. The molecule has 0 heterocycles. The van der Waals surface area contributed by atoms with E-state index in [1.54, 1.807) is 0 Å². The summed E-state index contributed by atoms with van der Waals surface area (Å²) in [4.78, 5) is 0. The number of hydrogen-bond acceptors (Lipinski definition) is 1. The van der Waals surface area contributed by atoms with Gasteiger partial charge >= 0.3 is 0 Å². The van der Waals surface area contributed by atoms with Crippen LogP contribution < -0.4 is 0 Å². The highest BCUT2D eigenvalue weighted by atomic mass is 35.6. The monoisotopic (exact) mass is 967 g/mol. The lowest BCUT2D eigenvalue weighted by Crippen LogP contribution is -2.73. The SMILES string of the molecule is OCC(Cl)(Cl)C(Cl)(Cl)C(Cl)(Cl)C(Cl)(Cl)C(Cl)(Cl)C(Cl)(Cl)C(Cl)(Cl)C(Cl)(Cl)C(Cl)(Cl)C(Cl)(Cl)C(Cl)(Cl)Cl. The van der Waals surface area contributed by atoms with Crippen LogP contribution in [0.1, 0.15) is 0 Å². The second-order valence-corrected chi connectivity index (χ2v) is 22.2. The number of alkyl halides is 23. The van der Waals surface area contributed by atoms with Crippen LogP contribution in [-0.2, 0) is 0 Å². The minimum Gasteiger partial charge on any atom is -0.393 e. The molecule has 0 aliphatic rings. The second kappa shape index (κ2) is 12.7. The molecule has 0 saturated carbocycles. The summed E-state index contributed by atoms with van der Waals surface area (Å²) in [6.45, 7) is -1.17. The van der Waals surface area contributed by atoms with E-state index in [9.17, 15) is 5.11 Å². The summed E-state index contributed by atoms with van der Waals surface area (Å²) in [7, 11) is 0. The first-order valence-corrected chi connectivity index (χ1v) is 16.2. The van der Waals surface area contributed by atoms with E-state index in [0.29, 0.717) is 0 Å². The molecule has 218 valence electrons. The van der Waals surface area contributed by atoms with Crippen molar-refractivity contribution in [1.82, 2.24) is 0 Å². The molecular formula is C12H3Cl23O. The fourth-order valence-electron chi connectivity index (χ4n) is 1.89. The summed E-state index contributed by atoms with van der Waals surface area (Å²) >= 11 is 141. The Morgan fingerprint density at radius 3 is 0.611 bits per heavy atom. The van der Waals surface area contributed by atoms with Crippen molar-refractivity contribution >= 4 is 267 Å². The highest BCUT2D eigenvalue weighted by Crippen LogP contribution is 2.75. The zero-order valence-corrected chi connectivity index (χ0v) is 32.7. The van der Waals surface area contributed by atoms with Gasteiger partial charge in [0, 0.05) is 0 Å². The van der Waals surface area contributed by atoms with Crippen molar-refractivity contribution in [3.05, 3.63) is 0 Å². The van der Waals surface area contributed by atoms with Crippen LogP contribution in [0, 0.1) is 0 Å². The van der Waals surface area contributed by atoms with Gasteiger partial charge < -0.3 is 5.11 Å². The van der Waals surface area contributed by atoms with Crippen LogP contribution in [-0.4, -0.2) is 58.8 Å². The van der Waals surface area contributed by atoms with Gasteiger partial charge in [-0.15, -0.1) is 0 Å². The quantitative estimate of drug-likeness (QED) is 0.216. The Labute approximate surface area is 321 Å². The molecule has 0 aromatic carbocycles. The predicted octanol–water partition coefficient (Wildman–Crippen LogP) is 13.1. The highest BCUT2D eigenvalue weighted by Gasteiger charge is 2.84. The van der Waals surface area contributed by atoms with E-state index in [1.165, 1.54) is 0 Å². The van der Waals surface area contributed by atoms with Crippen molar-refractivity contribution in [2.24, 2.45) is 0 Å². The van der Waals surface area contributed by atoms with Crippen LogP contribution in [0.15, 0.2) is 0 Å². The van der Waals surface area contributed by atoms with Gasteiger partial charge in [-0.2, -0.15) is 0 Å². The summed E-state index contributed by atoms with van der Waals surface area (Å²) in [5, 5.41) is 9.47. The van der Waals surface area contributed by atoms with Crippen LogP contribution >= 0.6 is 267 Å². The number of hydrogen-bond donors (Lipinski definition) is 1. The molecule has 36 heavy (non-hydrogen) atoms. The minimum absolute atomic E-state index is 1.17. The maximum Gasteiger partial charge on any atom is 0.226 e. The van der Waals surface area contributed by atoms with Gasteiger partial charge in [0.15, 0.2) is 39.0 Å². The maximum absolute atomic E-state index is 9.47. The Balaban J connectivity index is 7.18. The first-order chi connectivity index (χ1) is 15.1. The summed E-state index contributed by atoms with van der Waals surface area (Å²) in [5.74, 6) is 0. The Morgan fingerprint density at radius 2 is 0.444 bits per heavy atom.